The molecule has 7 heteroatoms. The van der Waals surface area contributed by atoms with Gasteiger partial charge in [0, 0.05) is 23.7 Å². The number of carboxylic acid groups (broad SMARTS) is 1. The first-order valence-electron chi connectivity index (χ1n) is 6.54. The van der Waals surface area contributed by atoms with Crippen molar-refractivity contribution in [1.82, 2.24) is 20.1 Å². The van der Waals surface area contributed by atoms with Crippen LogP contribution in [0.5, 0.6) is 0 Å². The van der Waals surface area contributed by atoms with E-state index in [4.69, 9.17) is 5.11 Å². The first-order valence-corrected chi connectivity index (χ1v) is 6.54. The van der Waals surface area contributed by atoms with Crippen LogP contribution in [0.2, 0.25) is 0 Å². The van der Waals surface area contributed by atoms with Crippen LogP contribution < -0.4 is 5.32 Å². The third kappa shape index (κ3) is 4.13. The molecule has 0 spiro atoms. The fraction of sp³-hybridized carbons (Fsp3) is 0.286. The number of amides is 1. The summed E-state index contributed by atoms with van der Waals surface area (Å²) in [5, 5.41) is 18.8. The van der Waals surface area contributed by atoms with Crippen LogP contribution in [-0.2, 0) is 4.79 Å². The van der Waals surface area contributed by atoms with E-state index in [9.17, 15) is 9.59 Å². The highest BCUT2D eigenvalue weighted by atomic mass is 16.4. The van der Waals surface area contributed by atoms with Crippen LogP contribution in [0.15, 0.2) is 36.9 Å². The van der Waals surface area contributed by atoms with Gasteiger partial charge in [-0.1, -0.05) is 0 Å². The Labute approximate surface area is 121 Å². The summed E-state index contributed by atoms with van der Waals surface area (Å²) in [6, 6.07) is 6.80. The number of carbonyl (C=O) groups is 2. The third-order valence-corrected chi connectivity index (χ3v) is 3.02. The number of nitrogens with zero attached hydrogens (tertiary/aromatic N) is 3. The van der Waals surface area contributed by atoms with Gasteiger partial charge in [-0.3, -0.25) is 14.2 Å². The molecule has 1 unspecified atom stereocenters. The average molecular weight is 288 g/mol. The topological polar surface area (TPSA) is 97.1 Å². The molecule has 21 heavy (non-hydrogen) atoms. The van der Waals surface area contributed by atoms with E-state index in [0.717, 1.165) is 5.69 Å². The first kappa shape index (κ1) is 14.7. The molecule has 2 rings (SSSR count). The zero-order valence-corrected chi connectivity index (χ0v) is 11.6. The van der Waals surface area contributed by atoms with Gasteiger partial charge in [-0.05, 0) is 37.6 Å². The highest BCUT2D eigenvalue weighted by Gasteiger charge is 2.11. The summed E-state index contributed by atoms with van der Waals surface area (Å²) < 4.78 is 1.73. The van der Waals surface area contributed by atoms with E-state index in [-0.39, 0.29) is 18.4 Å². The molecule has 110 valence electrons. The molecule has 0 aliphatic rings. The van der Waals surface area contributed by atoms with Crippen molar-refractivity contribution in [3.05, 3.63) is 42.5 Å². The molecule has 0 saturated carbocycles. The lowest BCUT2D eigenvalue weighted by Crippen LogP contribution is -2.32. The first-order chi connectivity index (χ1) is 10.1. The Balaban J connectivity index is 1.95. The van der Waals surface area contributed by atoms with E-state index in [0.29, 0.717) is 12.0 Å². The number of nitrogens with one attached hydrogen (secondary N) is 1. The number of aliphatic carboxylic acids is 1. The maximum atomic E-state index is 12.0. The minimum Gasteiger partial charge on any atom is -0.481 e. The minimum absolute atomic E-state index is 0.0357. The molecule has 1 amide bonds. The minimum atomic E-state index is -0.866. The van der Waals surface area contributed by atoms with Gasteiger partial charge in [-0.15, -0.1) is 10.2 Å². The maximum Gasteiger partial charge on any atom is 0.303 e. The highest BCUT2D eigenvalue weighted by Crippen LogP contribution is 2.09. The lowest BCUT2D eigenvalue weighted by Gasteiger charge is -2.13. The number of benzene rings is 1. The molecule has 1 atom stereocenters. The van der Waals surface area contributed by atoms with Crippen LogP contribution in [0.1, 0.15) is 30.1 Å². The average Bonchev–Trinajstić information content (AvgIpc) is 2.99. The normalized spacial score (nSPS) is 11.9. The van der Waals surface area contributed by atoms with Crippen molar-refractivity contribution in [2.75, 3.05) is 0 Å². The number of carbonyl (C=O) groups excluding carboxylic acids is 1. The molecule has 1 heterocycles. The Morgan fingerprint density at radius 1 is 1.24 bits per heavy atom. The van der Waals surface area contributed by atoms with E-state index < -0.39 is 5.97 Å². The van der Waals surface area contributed by atoms with Gasteiger partial charge >= 0.3 is 5.97 Å². The molecular weight excluding hydrogens is 272 g/mol. The van der Waals surface area contributed by atoms with Crippen molar-refractivity contribution < 1.29 is 14.7 Å². The second kappa shape index (κ2) is 6.65. The van der Waals surface area contributed by atoms with Crippen molar-refractivity contribution >= 4 is 11.9 Å². The summed E-state index contributed by atoms with van der Waals surface area (Å²) in [7, 11) is 0. The summed E-state index contributed by atoms with van der Waals surface area (Å²) in [5.74, 6) is -1.09. The Kier molecular flexibility index (Phi) is 4.65. The van der Waals surface area contributed by atoms with E-state index in [1.807, 2.05) is 0 Å². The number of rotatable bonds is 6. The van der Waals surface area contributed by atoms with Gasteiger partial charge in [-0.2, -0.15) is 0 Å². The molecule has 0 aliphatic heterocycles. The Morgan fingerprint density at radius 3 is 2.43 bits per heavy atom. The molecular formula is C14H16N4O3. The Bertz CT molecular complexity index is 608. The van der Waals surface area contributed by atoms with Gasteiger partial charge in [0.05, 0.1) is 0 Å². The van der Waals surface area contributed by atoms with Gasteiger partial charge in [0.1, 0.15) is 12.7 Å². The number of hydrogen-bond donors (Lipinski definition) is 2. The zero-order chi connectivity index (χ0) is 15.2. The molecule has 0 radical (unpaired) electrons. The maximum absolute atomic E-state index is 12.0. The van der Waals surface area contributed by atoms with Crippen molar-refractivity contribution in [2.45, 2.75) is 25.8 Å². The van der Waals surface area contributed by atoms with Crippen LogP contribution in [0.3, 0.4) is 0 Å². The van der Waals surface area contributed by atoms with Gasteiger partial charge in [0.2, 0.25) is 0 Å². The SMILES string of the molecule is CC(CCC(=O)O)NC(=O)c1ccc(-n2cnnc2)cc1. The fourth-order valence-corrected chi connectivity index (χ4v) is 1.84. The van der Waals surface area contributed by atoms with E-state index in [1.165, 1.54) is 0 Å². The van der Waals surface area contributed by atoms with E-state index in [1.54, 1.807) is 48.4 Å². The van der Waals surface area contributed by atoms with Crippen molar-refractivity contribution in [1.29, 1.82) is 0 Å². The highest BCUT2D eigenvalue weighted by molar-refractivity contribution is 5.94. The molecule has 0 fully saturated rings. The van der Waals surface area contributed by atoms with Gasteiger partial charge in [-0.25, -0.2) is 0 Å². The molecule has 1 aromatic heterocycles. The van der Waals surface area contributed by atoms with E-state index in [2.05, 4.69) is 15.5 Å². The Hall–Kier alpha value is -2.70. The van der Waals surface area contributed by atoms with E-state index >= 15 is 0 Å². The monoisotopic (exact) mass is 288 g/mol. The largest absolute Gasteiger partial charge is 0.481 e. The second-order valence-electron chi connectivity index (χ2n) is 4.72. The van der Waals surface area contributed by atoms with Crippen LogP contribution in [0.4, 0.5) is 0 Å². The van der Waals surface area contributed by atoms with Crippen LogP contribution in [0.25, 0.3) is 5.69 Å². The molecule has 2 aromatic rings. The smallest absolute Gasteiger partial charge is 0.303 e. The quantitative estimate of drug-likeness (QED) is 0.833. The molecule has 0 aliphatic carbocycles. The van der Waals surface area contributed by atoms with Crippen LogP contribution in [0, 0.1) is 0 Å². The van der Waals surface area contributed by atoms with Crippen LogP contribution in [-0.4, -0.2) is 37.8 Å². The van der Waals surface area contributed by atoms with Gasteiger partial charge in [0.15, 0.2) is 0 Å². The molecule has 0 saturated heterocycles. The van der Waals surface area contributed by atoms with Crippen LogP contribution >= 0.6 is 0 Å². The van der Waals surface area contributed by atoms with Gasteiger partial charge in [0.25, 0.3) is 5.91 Å². The second-order valence-corrected chi connectivity index (χ2v) is 4.72. The number of carboxylic acids is 1. The summed E-state index contributed by atoms with van der Waals surface area (Å²) >= 11 is 0. The summed E-state index contributed by atoms with van der Waals surface area (Å²) in [5.41, 5.74) is 1.38. The van der Waals surface area contributed by atoms with Gasteiger partial charge < -0.3 is 10.4 Å². The molecule has 1 aromatic carbocycles. The predicted molar refractivity (Wildman–Crippen MR) is 75.2 cm³/mol. The van der Waals surface area contributed by atoms with Crippen molar-refractivity contribution in [3.63, 3.8) is 0 Å². The summed E-state index contributed by atoms with van der Waals surface area (Å²) in [6.07, 6.45) is 3.58. The Morgan fingerprint density at radius 2 is 1.86 bits per heavy atom. The molecule has 7 nitrogen and oxygen atoms in total. The molecule has 0 bridgehead atoms. The zero-order valence-electron chi connectivity index (χ0n) is 11.6. The lowest BCUT2D eigenvalue weighted by atomic mass is 10.1. The summed E-state index contributed by atoms with van der Waals surface area (Å²) in [4.78, 5) is 22.5. The number of hydrogen-bond acceptors (Lipinski definition) is 4. The lowest BCUT2D eigenvalue weighted by molar-refractivity contribution is -0.137. The molecule has 2 N–H and O–H groups in total. The standard InChI is InChI=1S/C14H16N4O3/c1-10(2-7-13(19)20)17-14(21)11-3-5-12(6-4-11)18-8-15-16-9-18/h3-6,8-10H,2,7H2,1H3,(H,17,21)(H,19,20). The number of aromatic nitrogens is 3. The third-order valence-electron chi connectivity index (χ3n) is 3.02. The predicted octanol–water partition coefficient (Wildman–Crippen LogP) is 1.25. The van der Waals surface area contributed by atoms with Crippen molar-refractivity contribution in [2.24, 2.45) is 0 Å². The fourth-order valence-electron chi connectivity index (χ4n) is 1.84. The summed E-state index contributed by atoms with van der Waals surface area (Å²) in [6.45, 7) is 1.78. The van der Waals surface area contributed by atoms with Crippen molar-refractivity contribution in [3.8, 4) is 5.69 Å².